The zero-order valence-electron chi connectivity index (χ0n) is 27.0. The number of ether oxygens (including phenoxy) is 4. The van der Waals surface area contributed by atoms with Crippen molar-refractivity contribution in [3.8, 4) is 0 Å². The Morgan fingerprint density at radius 3 is 1.58 bits per heavy atom. The maximum Gasteiger partial charge on any atom is 0.328 e. The Labute approximate surface area is 289 Å². The van der Waals surface area contributed by atoms with E-state index < -0.39 is 42.5 Å². The molecule has 3 heterocycles. The van der Waals surface area contributed by atoms with Gasteiger partial charge in [0.05, 0.1) is 27.4 Å². The van der Waals surface area contributed by atoms with Gasteiger partial charge in [-0.25, -0.2) is 25.4 Å². The summed E-state index contributed by atoms with van der Waals surface area (Å²) in [7, 11) is -4.81. The van der Waals surface area contributed by atoms with Gasteiger partial charge < -0.3 is 18.9 Å². The predicted molar refractivity (Wildman–Crippen MR) is 184 cm³/mol. The highest BCUT2D eigenvalue weighted by atomic mass is 79.9. The van der Waals surface area contributed by atoms with E-state index in [1.807, 2.05) is 27.7 Å². The van der Waals surface area contributed by atoms with Crippen LogP contribution in [-0.4, -0.2) is 125 Å². The van der Waals surface area contributed by atoms with Crippen LogP contribution in [-0.2, 0) is 48.6 Å². The normalized spacial score (nSPS) is 25.7. The number of nitrogens with zero attached hydrogens (tertiary/aromatic N) is 2. The first-order chi connectivity index (χ1) is 20.6. The lowest BCUT2D eigenvalue weighted by molar-refractivity contribution is -0.146. The molecular weight excluding hydrogens is 760 g/mol. The van der Waals surface area contributed by atoms with Crippen LogP contribution in [0.1, 0.15) is 60.8 Å². The van der Waals surface area contributed by atoms with Crippen molar-refractivity contribution in [2.24, 2.45) is 23.7 Å². The van der Waals surface area contributed by atoms with Crippen molar-refractivity contribution in [2.75, 3.05) is 83.2 Å². The Morgan fingerprint density at radius 2 is 1.20 bits per heavy atom. The summed E-state index contributed by atoms with van der Waals surface area (Å²) >= 11 is 6.48. The number of alkyl halides is 2. The second-order valence-corrected chi connectivity index (χ2v) is 17.8. The summed E-state index contributed by atoms with van der Waals surface area (Å²) in [4.78, 5) is 23.3. The zero-order chi connectivity index (χ0) is 33.6. The number of hydrogen-bond donors (Lipinski definition) is 0. The van der Waals surface area contributed by atoms with E-state index in [1.54, 1.807) is 0 Å². The molecule has 3 saturated heterocycles. The fourth-order valence-corrected chi connectivity index (χ4v) is 10.2. The van der Waals surface area contributed by atoms with Crippen LogP contribution in [0.3, 0.4) is 0 Å². The molecule has 0 bridgehead atoms. The highest BCUT2D eigenvalue weighted by Gasteiger charge is 2.55. The van der Waals surface area contributed by atoms with Crippen LogP contribution < -0.4 is 0 Å². The van der Waals surface area contributed by atoms with E-state index in [4.69, 9.17) is 14.2 Å². The number of hydrogen-bond acceptors (Lipinski definition) is 10. The third kappa shape index (κ3) is 14.0. The highest BCUT2D eigenvalue weighted by molar-refractivity contribution is 9.09. The molecule has 0 aromatic carbocycles. The molecule has 0 N–H and O–H groups in total. The summed E-state index contributed by atoms with van der Waals surface area (Å²) in [5.41, 5.74) is 0. The summed E-state index contributed by atoms with van der Waals surface area (Å²) in [6.07, 6.45) is 2.38. The third-order valence-electron chi connectivity index (χ3n) is 7.73. The van der Waals surface area contributed by atoms with Gasteiger partial charge in [-0.1, -0.05) is 67.0 Å². The fraction of sp³-hybridized carbons (Fsp3) is 0.931. The molecule has 3 aliphatic heterocycles. The number of sulfonamides is 2. The number of esters is 2. The first kappa shape index (κ1) is 44.6. The summed E-state index contributed by atoms with van der Waals surface area (Å²) in [5, 5.41) is 1.86. The number of halogens is 2. The lowest BCUT2D eigenvalue weighted by atomic mass is 9.93. The summed E-state index contributed by atoms with van der Waals surface area (Å²) in [5.74, 6) is -0.617. The average Bonchev–Trinajstić information content (AvgIpc) is 2.96. The van der Waals surface area contributed by atoms with Crippen LogP contribution in [0.4, 0.5) is 0 Å². The highest BCUT2D eigenvalue weighted by Crippen LogP contribution is 2.36. The molecule has 4 atom stereocenters. The molecule has 16 heteroatoms. The number of carbonyl (C=O) groups excluding carboxylic acids is 2. The minimum atomic E-state index is -3.75. The smallest absolute Gasteiger partial charge is 0.328 e. The van der Waals surface area contributed by atoms with Gasteiger partial charge in [-0.3, -0.25) is 9.59 Å². The molecule has 0 spiro atoms. The summed E-state index contributed by atoms with van der Waals surface area (Å²) < 4.78 is 70.9. The van der Waals surface area contributed by atoms with Crippen LogP contribution >= 0.6 is 31.9 Å². The van der Waals surface area contributed by atoms with Gasteiger partial charge in [-0.15, -0.1) is 0 Å². The third-order valence-corrected chi connectivity index (χ3v) is 12.6. The largest absolute Gasteiger partial charge is 0.468 e. The Hall–Kier alpha value is -0.360. The summed E-state index contributed by atoms with van der Waals surface area (Å²) in [6, 6.07) is 0. The van der Waals surface area contributed by atoms with Gasteiger partial charge in [0.15, 0.2) is 10.5 Å². The molecular formula is C29H56Br2N2O10S2. The quantitative estimate of drug-likeness (QED) is 0.181. The topological polar surface area (TPSA) is 146 Å². The van der Waals surface area contributed by atoms with Crippen molar-refractivity contribution in [1.29, 1.82) is 0 Å². The fourth-order valence-electron chi connectivity index (χ4n) is 5.85. The molecule has 0 radical (unpaired) electrons. The zero-order valence-corrected chi connectivity index (χ0v) is 31.8. The lowest BCUT2D eigenvalue weighted by Crippen LogP contribution is -2.58. The molecule has 12 nitrogen and oxygen atoms in total. The minimum absolute atomic E-state index is 0. The number of methoxy groups -OCH3 is 2. The van der Waals surface area contributed by atoms with Gasteiger partial charge >= 0.3 is 11.9 Å². The average molecular weight is 817 g/mol. The molecule has 3 rings (SSSR count). The van der Waals surface area contributed by atoms with Gasteiger partial charge in [0.2, 0.25) is 20.0 Å². The molecule has 45 heavy (non-hydrogen) atoms. The molecule has 0 aliphatic carbocycles. The van der Waals surface area contributed by atoms with E-state index in [9.17, 15) is 26.4 Å². The van der Waals surface area contributed by atoms with Crippen LogP contribution in [0.25, 0.3) is 0 Å². The Bertz CT molecular complexity index is 1060. The minimum Gasteiger partial charge on any atom is -0.468 e. The summed E-state index contributed by atoms with van der Waals surface area (Å²) in [6.45, 7) is 12.3. The van der Waals surface area contributed by atoms with Gasteiger partial charge in [-0.05, 0) is 36.5 Å². The number of piperidine rings is 2. The molecule has 3 fully saturated rings. The van der Waals surface area contributed by atoms with Crippen LogP contribution in [0.5, 0.6) is 0 Å². The van der Waals surface area contributed by atoms with E-state index in [0.717, 1.165) is 36.7 Å². The first-order valence-corrected chi connectivity index (χ1v) is 20.3. The van der Waals surface area contributed by atoms with Crippen LogP contribution in [0.2, 0.25) is 0 Å². The molecule has 0 amide bonds. The molecule has 3 aliphatic rings. The van der Waals surface area contributed by atoms with E-state index >= 15 is 0 Å². The standard InChI is InChI=1S/C14H25NO5S.C10H19NO4S.C4H8Br2O.CH4/c1-11-8-12(2)10-15(9-11)21(17,18)14(13(16)19-3)4-6-20-7-5-14;1-8-4-9(2)6-11(5-8)16(13,14)7-10(12)15-3;5-1-3-7-4-2-6;/h11-12H,4-10H2,1-3H3;8-9H,4-7H2,1-3H3;1-4H2;1H4. The second kappa shape index (κ2) is 21.6. The van der Waals surface area contributed by atoms with Crippen LogP contribution in [0.15, 0.2) is 0 Å². The van der Waals surface area contributed by atoms with Crippen molar-refractivity contribution in [3.63, 3.8) is 0 Å². The maximum atomic E-state index is 13.1. The van der Waals surface area contributed by atoms with Gasteiger partial charge in [0.25, 0.3) is 0 Å². The SMILES string of the molecule is BrCCOCCBr.C.COC(=O)C1(S(=O)(=O)N2CC(C)CC(C)C2)CCOCC1.COC(=O)CS(=O)(=O)N1CC(C)CC(C)C1. The monoisotopic (exact) mass is 814 g/mol. The van der Waals surface area contributed by atoms with Crippen molar-refractivity contribution < 1.29 is 45.4 Å². The first-order valence-electron chi connectivity index (χ1n) is 15.0. The van der Waals surface area contributed by atoms with E-state index in [1.165, 1.54) is 22.8 Å². The Morgan fingerprint density at radius 1 is 0.778 bits per heavy atom. The van der Waals surface area contributed by atoms with Gasteiger partial charge in [0, 0.05) is 62.9 Å². The molecule has 0 saturated carbocycles. The molecule has 4 unspecified atom stereocenters. The van der Waals surface area contributed by atoms with Gasteiger partial charge in [0.1, 0.15) is 0 Å². The van der Waals surface area contributed by atoms with Crippen molar-refractivity contribution in [1.82, 2.24) is 8.61 Å². The Kier molecular flexibility index (Phi) is 21.4. The predicted octanol–water partition coefficient (Wildman–Crippen LogP) is 3.91. The van der Waals surface area contributed by atoms with E-state index in [2.05, 4.69) is 36.6 Å². The maximum absolute atomic E-state index is 13.1. The van der Waals surface area contributed by atoms with Crippen molar-refractivity contribution >= 4 is 63.8 Å². The van der Waals surface area contributed by atoms with Crippen LogP contribution in [0, 0.1) is 23.7 Å². The molecule has 0 aromatic rings. The molecule has 268 valence electrons. The number of carbonyl (C=O) groups is 2. The van der Waals surface area contributed by atoms with E-state index in [0.29, 0.717) is 49.9 Å². The second-order valence-electron chi connectivity index (χ2n) is 12.0. The van der Waals surface area contributed by atoms with E-state index in [-0.39, 0.29) is 33.5 Å². The molecule has 0 aromatic heterocycles. The van der Waals surface area contributed by atoms with Crippen molar-refractivity contribution in [2.45, 2.75) is 65.6 Å². The Balaban J connectivity index is 0.000000716. The van der Waals surface area contributed by atoms with Gasteiger partial charge in [-0.2, -0.15) is 0 Å². The lowest BCUT2D eigenvalue weighted by Gasteiger charge is -2.41. The van der Waals surface area contributed by atoms with Crippen molar-refractivity contribution in [3.05, 3.63) is 0 Å². The number of rotatable bonds is 10.